The van der Waals surface area contributed by atoms with Crippen molar-refractivity contribution in [3.05, 3.63) is 102 Å². The Hall–Kier alpha value is -4.01. The smallest absolute Gasteiger partial charge is 0.410 e. The number of rotatable bonds is 4. The second-order valence-corrected chi connectivity index (χ2v) is 9.63. The van der Waals surface area contributed by atoms with Crippen LogP contribution >= 0.6 is 0 Å². The summed E-state index contributed by atoms with van der Waals surface area (Å²) in [5, 5.41) is 0. The first-order valence-electron chi connectivity index (χ1n) is 12.5. The van der Waals surface area contributed by atoms with Gasteiger partial charge in [-0.15, -0.1) is 0 Å². The van der Waals surface area contributed by atoms with E-state index in [4.69, 9.17) is 14.2 Å². The van der Waals surface area contributed by atoms with E-state index in [1.807, 2.05) is 48.5 Å². The summed E-state index contributed by atoms with van der Waals surface area (Å²) in [4.78, 5) is 19.2. The molecular formula is C29H25F3N2O4. The SMILES string of the molecule is O=C(OCC1c2ccccc2-c2ccccc21)N1CCC(C(F)(F)F)CC1c1cccnc1C1OC=CO1. The van der Waals surface area contributed by atoms with E-state index in [1.165, 1.54) is 23.6 Å². The minimum absolute atomic E-state index is 0.0808. The molecular weight excluding hydrogens is 497 g/mol. The van der Waals surface area contributed by atoms with Gasteiger partial charge in [-0.1, -0.05) is 54.6 Å². The molecule has 6 rings (SSSR count). The van der Waals surface area contributed by atoms with Crippen LogP contribution in [0.25, 0.3) is 11.1 Å². The summed E-state index contributed by atoms with van der Waals surface area (Å²) in [5.41, 5.74) is 5.10. The van der Waals surface area contributed by atoms with Crippen LogP contribution in [-0.2, 0) is 14.2 Å². The summed E-state index contributed by atoms with van der Waals surface area (Å²) in [6, 6.07) is 18.4. The van der Waals surface area contributed by atoms with E-state index >= 15 is 0 Å². The molecule has 0 N–H and O–H groups in total. The molecule has 1 amide bonds. The lowest BCUT2D eigenvalue weighted by Crippen LogP contribution is -2.45. The number of ether oxygens (including phenoxy) is 3. The highest BCUT2D eigenvalue weighted by Gasteiger charge is 2.47. The molecule has 1 aromatic heterocycles. The third-order valence-corrected chi connectivity index (χ3v) is 7.55. The number of halogens is 3. The summed E-state index contributed by atoms with van der Waals surface area (Å²) in [7, 11) is 0. The number of carbonyl (C=O) groups is 1. The molecule has 9 heteroatoms. The van der Waals surface area contributed by atoms with Crippen molar-refractivity contribution in [2.45, 2.75) is 37.3 Å². The van der Waals surface area contributed by atoms with E-state index in [1.54, 1.807) is 12.1 Å². The fourth-order valence-electron chi connectivity index (χ4n) is 5.73. The molecule has 2 aliphatic heterocycles. The molecule has 3 aromatic rings. The first-order chi connectivity index (χ1) is 18.4. The van der Waals surface area contributed by atoms with E-state index in [-0.39, 0.29) is 31.9 Å². The van der Waals surface area contributed by atoms with Gasteiger partial charge in [0, 0.05) is 24.2 Å². The number of fused-ring (bicyclic) bond motifs is 3. The van der Waals surface area contributed by atoms with Gasteiger partial charge in [-0.25, -0.2) is 4.79 Å². The van der Waals surface area contributed by atoms with Crippen LogP contribution in [-0.4, -0.2) is 35.3 Å². The third-order valence-electron chi connectivity index (χ3n) is 7.55. The largest absolute Gasteiger partial charge is 0.454 e. The van der Waals surface area contributed by atoms with Crippen LogP contribution in [0.4, 0.5) is 18.0 Å². The van der Waals surface area contributed by atoms with Crippen LogP contribution in [0.3, 0.4) is 0 Å². The van der Waals surface area contributed by atoms with Crippen molar-refractivity contribution < 1.29 is 32.2 Å². The summed E-state index contributed by atoms with van der Waals surface area (Å²) < 4.78 is 58.0. The molecule has 38 heavy (non-hydrogen) atoms. The molecule has 0 bridgehead atoms. The molecule has 1 saturated heterocycles. The summed E-state index contributed by atoms with van der Waals surface area (Å²) in [6.07, 6.45) is -2.19. The third kappa shape index (κ3) is 4.36. The van der Waals surface area contributed by atoms with Crippen LogP contribution in [0, 0.1) is 5.92 Å². The van der Waals surface area contributed by atoms with Gasteiger partial charge < -0.3 is 19.1 Å². The zero-order chi connectivity index (χ0) is 26.3. The number of benzene rings is 2. The second kappa shape index (κ2) is 9.70. The van der Waals surface area contributed by atoms with Crippen molar-refractivity contribution in [1.29, 1.82) is 0 Å². The number of hydrogen-bond donors (Lipinski definition) is 0. The standard InChI is InChI=1S/C29H25F3N2O4/c30-29(31,32)18-11-13-34(25(16-18)23-10-5-12-33-26(23)27-36-14-15-37-27)28(35)38-17-24-21-8-3-1-6-19(21)20-7-2-4-9-22(20)24/h1-10,12,14-15,18,24-25,27H,11,13,16-17H2. The molecule has 0 spiro atoms. The first-order valence-corrected chi connectivity index (χ1v) is 12.5. The van der Waals surface area contributed by atoms with Gasteiger partial charge >= 0.3 is 12.3 Å². The number of alkyl halides is 3. The van der Waals surface area contributed by atoms with Crippen molar-refractivity contribution in [1.82, 2.24) is 9.88 Å². The van der Waals surface area contributed by atoms with Gasteiger partial charge in [0.25, 0.3) is 6.29 Å². The maximum absolute atomic E-state index is 13.8. The van der Waals surface area contributed by atoms with Crippen molar-refractivity contribution in [3.8, 4) is 11.1 Å². The van der Waals surface area contributed by atoms with Gasteiger partial charge in [-0.2, -0.15) is 13.2 Å². The van der Waals surface area contributed by atoms with Gasteiger partial charge in [0.2, 0.25) is 0 Å². The van der Waals surface area contributed by atoms with Crippen LogP contribution in [0.2, 0.25) is 0 Å². The number of amides is 1. The number of aromatic nitrogens is 1. The van der Waals surface area contributed by atoms with E-state index in [0.717, 1.165) is 22.3 Å². The fraction of sp³-hybridized carbons (Fsp3) is 0.310. The number of hydrogen-bond acceptors (Lipinski definition) is 5. The summed E-state index contributed by atoms with van der Waals surface area (Å²) in [6.45, 7) is -0.0120. The van der Waals surface area contributed by atoms with E-state index in [9.17, 15) is 18.0 Å². The Morgan fingerprint density at radius 2 is 1.58 bits per heavy atom. The van der Waals surface area contributed by atoms with E-state index < -0.39 is 30.5 Å². The Morgan fingerprint density at radius 1 is 0.947 bits per heavy atom. The maximum Gasteiger partial charge on any atom is 0.410 e. The van der Waals surface area contributed by atoms with Crippen molar-refractivity contribution in [2.24, 2.45) is 5.92 Å². The van der Waals surface area contributed by atoms with Gasteiger partial charge in [0.1, 0.15) is 24.8 Å². The predicted molar refractivity (Wildman–Crippen MR) is 132 cm³/mol. The van der Waals surface area contributed by atoms with Crippen LogP contribution < -0.4 is 0 Å². The lowest BCUT2D eigenvalue weighted by atomic mass is 9.86. The molecule has 2 atom stereocenters. The minimum atomic E-state index is -4.38. The number of piperidine rings is 1. The van der Waals surface area contributed by atoms with Gasteiger partial charge in [-0.05, 0) is 41.2 Å². The molecule has 2 unspecified atom stereocenters. The summed E-state index contributed by atoms with van der Waals surface area (Å²) >= 11 is 0. The quantitative estimate of drug-likeness (QED) is 0.375. The monoisotopic (exact) mass is 522 g/mol. The Morgan fingerprint density at radius 3 is 2.24 bits per heavy atom. The number of carbonyl (C=O) groups excluding carboxylic acids is 1. The Balaban J connectivity index is 1.27. The van der Waals surface area contributed by atoms with Gasteiger partial charge in [0.15, 0.2) is 0 Å². The number of likely N-dealkylation sites (tertiary alicyclic amines) is 1. The highest BCUT2D eigenvalue weighted by Crippen LogP contribution is 2.46. The molecule has 1 fully saturated rings. The van der Waals surface area contributed by atoms with Crippen molar-refractivity contribution >= 4 is 6.09 Å². The molecule has 6 nitrogen and oxygen atoms in total. The predicted octanol–water partition coefficient (Wildman–Crippen LogP) is 6.86. The van der Waals surface area contributed by atoms with Crippen LogP contribution in [0.15, 0.2) is 79.4 Å². The topological polar surface area (TPSA) is 60.9 Å². The molecule has 196 valence electrons. The van der Waals surface area contributed by atoms with Gasteiger partial charge in [0.05, 0.1) is 12.0 Å². The Labute approximate surface area is 217 Å². The molecule has 0 radical (unpaired) electrons. The second-order valence-electron chi connectivity index (χ2n) is 9.63. The molecule has 2 aromatic carbocycles. The van der Waals surface area contributed by atoms with Gasteiger partial charge in [-0.3, -0.25) is 4.98 Å². The Kier molecular flexibility index (Phi) is 6.21. The van der Waals surface area contributed by atoms with Crippen LogP contribution in [0.1, 0.15) is 53.5 Å². The number of nitrogens with zero attached hydrogens (tertiary/aromatic N) is 2. The normalized spacial score (nSPS) is 21.0. The fourth-order valence-corrected chi connectivity index (χ4v) is 5.73. The molecule has 1 aliphatic carbocycles. The highest BCUT2D eigenvalue weighted by molar-refractivity contribution is 5.79. The Bertz CT molecular complexity index is 1320. The first kappa shape index (κ1) is 24.3. The van der Waals surface area contributed by atoms with Crippen LogP contribution in [0.5, 0.6) is 0 Å². The maximum atomic E-state index is 13.8. The van der Waals surface area contributed by atoms with E-state index in [0.29, 0.717) is 11.3 Å². The molecule has 3 heterocycles. The number of pyridine rings is 1. The lowest BCUT2D eigenvalue weighted by Gasteiger charge is -2.40. The molecule has 0 saturated carbocycles. The average Bonchev–Trinajstić information content (AvgIpc) is 3.58. The molecule has 3 aliphatic rings. The zero-order valence-corrected chi connectivity index (χ0v) is 20.3. The summed E-state index contributed by atoms with van der Waals surface area (Å²) in [5.74, 6) is -1.71. The van der Waals surface area contributed by atoms with Crippen molar-refractivity contribution in [2.75, 3.05) is 13.2 Å². The van der Waals surface area contributed by atoms with E-state index in [2.05, 4.69) is 4.98 Å². The highest BCUT2D eigenvalue weighted by atomic mass is 19.4. The lowest BCUT2D eigenvalue weighted by molar-refractivity contribution is -0.189. The van der Waals surface area contributed by atoms with Crippen molar-refractivity contribution in [3.63, 3.8) is 0 Å². The minimum Gasteiger partial charge on any atom is -0.454 e. The average molecular weight is 523 g/mol. The zero-order valence-electron chi connectivity index (χ0n) is 20.3.